The van der Waals surface area contributed by atoms with Crippen LogP contribution in [0, 0.1) is 5.82 Å². The normalized spacial score (nSPS) is 11.2. The van der Waals surface area contributed by atoms with E-state index in [-0.39, 0.29) is 24.3 Å². The van der Waals surface area contributed by atoms with Crippen molar-refractivity contribution in [1.82, 2.24) is 10.3 Å². The Bertz CT molecular complexity index is 463. The number of alkyl halides is 3. The van der Waals surface area contributed by atoms with Crippen LogP contribution in [0.2, 0.25) is 0 Å². The summed E-state index contributed by atoms with van der Waals surface area (Å²) in [5, 5.41) is 5.09. The first kappa shape index (κ1) is 16.2. The van der Waals surface area contributed by atoms with Crippen LogP contribution in [0.4, 0.5) is 23.4 Å². The number of hydrogen-bond acceptors (Lipinski definition) is 3. The summed E-state index contributed by atoms with van der Waals surface area (Å²) in [6.07, 6.45) is -4.50. The molecule has 2 N–H and O–H groups in total. The number of nitrogens with zero attached hydrogens (tertiary/aromatic N) is 1. The molecule has 1 aromatic heterocycles. The maximum Gasteiger partial charge on any atom is 0.389 e. The molecule has 0 radical (unpaired) electrons. The van der Waals surface area contributed by atoms with Gasteiger partial charge in [-0.25, -0.2) is 9.37 Å². The van der Waals surface area contributed by atoms with Crippen molar-refractivity contribution in [3.63, 3.8) is 0 Å². The van der Waals surface area contributed by atoms with Crippen LogP contribution in [-0.4, -0.2) is 30.2 Å². The van der Waals surface area contributed by atoms with E-state index in [1.807, 2.05) is 0 Å². The molecule has 0 saturated carbocycles. The number of amides is 1. The molecule has 1 aromatic rings. The second kappa shape index (κ2) is 7.06. The molecule has 0 saturated heterocycles. The van der Waals surface area contributed by atoms with Gasteiger partial charge in [0.15, 0.2) is 0 Å². The molecule has 0 aliphatic heterocycles. The van der Waals surface area contributed by atoms with Gasteiger partial charge in [0.2, 0.25) is 0 Å². The van der Waals surface area contributed by atoms with Crippen molar-refractivity contribution < 1.29 is 22.4 Å². The Kier molecular flexibility index (Phi) is 5.72. The largest absolute Gasteiger partial charge is 0.389 e. The predicted molar refractivity (Wildman–Crippen MR) is 66.0 cm³/mol. The van der Waals surface area contributed by atoms with Crippen LogP contribution in [0.1, 0.15) is 30.1 Å². The lowest BCUT2D eigenvalue weighted by atomic mass is 10.2. The molecule has 1 heterocycles. The first-order valence-corrected chi connectivity index (χ1v) is 6.08. The minimum atomic E-state index is -4.25. The summed E-state index contributed by atoms with van der Waals surface area (Å²) in [6, 6.07) is 0.990. The number of carbonyl (C=O) groups is 1. The highest BCUT2D eigenvalue weighted by Crippen LogP contribution is 2.20. The van der Waals surface area contributed by atoms with E-state index in [1.54, 1.807) is 6.92 Å². The smallest absolute Gasteiger partial charge is 0.370 e. The minimum absolute atomic E-state index is 0.0288. The molecule has 8 heteroatoms. The Hall–Kier alpha value is -1.86. The summed E-state index contributed by atoms with van der Waals surface area (Å²) in [4.78, 5) is 15.5. The third kappa shape index (κ3) is 5.41. The van der Waals surface area contributed by atoms with E-state index in [9.17, 15) is 22.4 Å². The maximum atomic E-state index is 13.1. The van der Waals surface area contributed by atoms with Crippen molar-refractivity contribution >= 4 is 11.7 Å². The van der Waals surface area contributed by atoms with Crippen LogP contribution in [0.15, 0.2) is 12.3 Å². The topological polar surface area (TPSA) is 54.0 Å². The van der Waals surface area contributed by atoms with E-state index in [1.165, 1.54) is 0 Å². The molecular weight excluding hydrogens is 278 g/mol. The molecule has 0 unspecified atom stereocenters. The molecule has 0 bridgehead atoms. The van der Waals surface area contributed by atoms with Crippen LogP contribution in [0.3, 0.4) is 0 Å². The van der Waals surface area contributed by atoms with Crippen LogP contribution >= 0.6 is 0 Å². The van der Waals surface area contributed by atoms with Gasteiger partial charge in [0.25, 0.3) is 5.91 Å². The summed E-state index contributed by atoms with van der Waals surface area (Å²) in [6.45, 7) is 2.11. The molecule has 0 fully saturated rings. The number of rotatable bonds is 6. The highest BCUT2D eigenvalue weighted by Gasteiger charge is 2.26. The van der Waals surface area contributed by atoms with E-state index in [2.05, 4.69) is 15.6 Å². The zero-order valence-corrected chi connectivity index (χ0v) is 10.9. The van der Waals surface area contributed by atoms with Gasteiger partial charge in [-0.3, -0.25) is 4.79 Å². The number of aromatic nitrogens is 1. The second-order valence-electron chi connectivity index (χ2n) is 4.05. The summed E-state index contributed by atoms with van der Waals surface area (Å²) in [5.74, 6) is -1.15. The van der Waals surface area contributed by atoms with Crippen LogP contribution < -0.4 is 10.6 Å². The van der Waals surface area contributed by atoms with E-state index in [4.69, 9.17) is 0 Å². The Labute approximate surface area is 113 Å². The number of halogens is 4. The minimum Gasteiger partial charge on any atom is -0.370 e. The van der Waals surface area contributed by atoms with Crippen molar-refractivity contribution in [3.8, 4) is 0 Å². The maximum absolute atomic E-state index is 13.1. The van der Waals surface area contributed by atoms with Gasteiger partial charge in [-0.1, -0.05) is 0 Å². The van der Waals surface area contributed by atoms with Crippen LogP contribution in [-0.2, 0) is 0 Å². The number of anilines is 1. The van der Waals surface area contributed by atoms with Crippen LogP contribution in [0.25, 0.3) is 0 Å². The summed E-state index contributed by atoms with van der Waals surface area (Å²) in [7, 11) is 0. The van der Waals surface area contributed by atoms with Gasteiger partial charge >= 0.3 is 6.18 Å². The van der Waals surface area contributed by atoms with E-state index in [0.29, 0.717) is 6.54 Å². The van der Waals surface area contributed by atoms with Crippen molar-refractivity contribution in [2.75, 3.05) is 18.4 Å². The monoisotopic (exact) mass is 293 g/mol. The molecule has 0 aliphatic rings. The average molecular weight is 293 g/mol. The van der Waals surface area contributed by atoms with E-state index >= 15 is 0 Å². The van der Waals surface area contributed by atoms with E-state index < -0.39 is 24.3 Å². The predicted octanol–water partition coefficient (Wildman–Crippen LogP) is 2.72. The number of pyridine rings is 1. The van der Waals surface area contributed by atoms with Crippen molar-refractivity contribution in [1.29, 1.82) is 0 Å². The summed E-state index contributed by atoms with van der Waals surface area (Å²) in [5.41, 5.74) is -0.0288. The zero-order chi connectivity index (χ0) is 15.2. The highest BCUT2D eigenvalue weighted by atomic mass is 19.4. The van der Waals surface area contributed by atoms with Crippen molar-refractivity contribution in [3.05, 3.63) is 23.6 Å². The third-order valence-corrected chi connectivity index (χ3v) is 2.37. The molecule has 0 aliphatic carbocycles. The zero-order valence-electron chi connectivity index (χ0n) is 10.9. The van der Waals surface area contributed by atoms with Gasteiger partial charge in [0, 0.05) is 19.5 Å². The Morgan fingerprint density at radius 1 is 1.40 bits per heavy atom. The fourth-order valence-corrected chi connectivity index (χ4v) is 1.51. The molecule has 1 amide bonds. The SMILES string of the molecule is CCNc1ncc(F)cc1C(=O)NCCCC(F)(F)F. The third-order valence-electron chi connectivity index (χ3n) is 2.37. The van der Waals surface area contributed by atoms with Gasteiger partial charge in [-0.2, -0.15) is 13.2 Å². The first-order chi connectivity index (χ1) is 9.33. The van der Waals surface area contributed by atoms with Gasteiger partial charge < -0.3 is 10.6 Å². The van der Waals surface area contributed by atoms with Gasteiger partial charge in [0.05, 0.1) is 11.8 Å². The Morgan fingerprint density at radius 3 is 2.70 bits per heavy atom. The Balaban J connectivity index is 2.60. The number of carbonyl (C=O) groups excluding carboxylic acids is 1. The first-order valence-electron chi connectivity index (χ1n) is 6.08. The quantitative estimate of drug-likeness (QED) is 0.626. The number of hydrogen-bond donors (Lipinski definition) is 2. The van der Waals surface area contributed by atoms with Gasteiger partial charge in [0.1, 0.15) is 11.6 Å². The lowest BCUT2D eigenvalue weighted by molar-refractivity contribution is -0.135. The standard InChI is InChI=1S/C12H15F4N3O/c1-2-17-10-9(6-8(13)7-19-10)11(20)18-5-3-4-12(14,15)16/h6-7H,2-5H2,1H3,(H,17,19)(H,18,20). The van der Waals surface area contributed by atoms with Crippen molar-refractivity contribution in [2.45, 2.75) is 25.9 Å². The summed E-state index contributed by atoms with van der Waals surface area (Å²) >= 11 is 0. The Morgan fingerprint density at radius 2 is 2.10 bits per heavy atom. The molecule has 20 heavy (non-hydrogen) atoms. The van der Waals surface area contributed by atoms with Gasteiger partial charge in [-0.15, -0.1) is 0 Å². The molecule has 0 atom stereocenters. The molecular formula is C12H15F4N3O. The van der Waals surface area contributed by atoms with Crippen LogP contribution in [0.5, 0.6) is 0 Å². The second-order valence-corrected chi connectivity index (χ2v) is 4.05. The lowest BCUT2D eigenvalue weighted by Crippen LogP contribution is -2.27. The molecule has 112 valence electrons. The highest BCUT2D eigenvalue weighted by molar-refractivity contribution is 5.98. The fourth-order valence-electron chi connectivity index (χ4n) is 1.51. The molecule has 0 spiro atoms. The molecule has 0 aromatic carbocycles. The fraction of sp³-hybridized carbons (Fsp3) is 0.500. The molecule has 1 rings (SSSR count). The average Bonchev–Trinajstić information content (AvgIpc) is 2.35. The van der Waals surface area contributed by atoms with Gasteiger partial charge in [-0.05, 0) is 19.4 Å². The summed E-state index contributed by atoms with van der Waals surface area (Å²) < 4.78 is 48.9. The van der Waals surface area contributed by atoms with Crippen molar-refractivity contribution in [2.24, 2.45) is 0 Å². The van der Waals surface area contributed by atoms with E-state index in [0.717, 1.165) is 12.3 Å². The molecule has 4 nitrogen and oxygen atoms in total. The number of nitrogens with one attached hydrogen (secondary N) is 2. The lowest BCUT2D eigenvalue weighted by Gasteiger charge is -2.11.